The van der Waals surface area contributed by atoms with Crippen LogP contribution in [0.25, 0.3) is 0 Å². The Kier molecular flexibility index (Phi) is 6.32. The highest BCUT2D eigenvalue weighted by Crippen LogP contribution is 2.33. The first-order valence-electron chi connectivity index (χ1n) is 9.89. The molecule has 1 saturated heterocycles. The molecule has 0 spiro atoms. The van der Waals surface area contributed by atoms with Crippen molar-refractivity contribution in [3.63, 3.8) is 0 Å². The van der Waals surface area contributed by atoms with Gasteiger partial charge in [-0.05, 0) is 42.3 Å². The van der Waals surface area contributed by atoms with Crippen LogP contribution in [-0.4, -0.2) is 48.4 Å². The minimum Gasteiger partial charge on any atom is -0.491 e. The van der Waals surface area contributed by atoms with Crippen LogP contribution in [0, 0.1) is 11.7 Å². The molecular weight excluding hydrogens is 395 g/mol. The van der Waals surface area contributed by atoms with Crippen molar-refractivity contribution in [2.24, 2.45) is 5.92 Å². The molecule has 1 saturated carbocycles. The lowest BCUT2D eigenvalue weighted by Gasteiger charge is -2.36. The van der Waals surface area contributed by atoms with Crippen molar-refractivity contribution in [2.75, 3.05) is 31.7 Å². The fraction of sp³-hybridized carbons (Fsp3) is 0.476. The molecule has 29 heavy (non-hydrogen) atoms. The summed E-state index contributed by atoms with van der Waals surface area (Å²) in [4.78, 5) is 15.5. The van der Waals surface area contributed by atoms with Gasteiger partial charge in [0.2, 0.25) is 0 Å². The Morgan fingerprint density at radius 2 is 2.28 bits per heavy atom. The molecule has 0 bridgehead atoms. The number of nitrogens with zero attached hydrogens (tertiary/aromatic N) is 1. The summed E-state index contributed by atoms with van der Waals surface area (Å²) in [6, 6.07) is 7.34. The molecule has 2 aromatic rings. The lowest BCUT2D eigenvalue weighted by molar-refractivity contribution is -0.00383. The number of halogens is 1. The van der Waals surface area contributed by atoms with Crippen LogP contribution in [-0.2, 0) is 4.74 Å². The van der Waals surface area contributed by atoms with Crippen molar-refractivity contribution < 1.29 is 23.8 Å². The molecule has 2 atom stereocenters. The summed E-state index contributed by atoms with van der Waals surface area (Å²) in [5, 5.41) is 15.3. The Bertz CT molecular complexity index is 828. The predicted molar refractivity (Wildman–Crippen MR) is 109 cm³/mol. The first-order valence-corrected chi connectivity index (χ1v) is 10.8. The second-order valence-electron chi connectivity index (χ2n) is 7.51. The summed E-state index contributed by atoms with van der Waals surface area (Å²) in [6.45, 7) is 1.75. The average molecular weight is 421 g/mol. The van der Waals surface area contributed by atoms with Gasteiger partial charge in [0.15, 0.2) is 0 Å². The summed E-state index contributed by atoms with van der Waals surface area (Å²) < 4.78 is 24.9. The molecule has 1 aromatic heterocycles. The SMILES string of the molecule is O=C(Nc1ccc(F)cc1OCC1CC1)N1CCOC[C@H]1C[C@H](O)c1cccs1. The number of carbonyl (C=O) groups excluding carboxylic acids is 1. The molecule has 1 aliphatic carbocycles. The van der Waals surface area contributed by atoms with Crippen LogP contribution >= 0.6 is 11.3 Å². The Morgan fingerprint density at radius 1 is 1.41 bits per heavy atom. The second-order valence-corrected chi connectivity index (χ2v) is 8.49. The number of carbonyl (C=O) groups is 1. The van der Waals surface area contributed by atoms with Crippen molar-refractivity contribution in [3.05, 3.63) is 46.4 Å². The molecule has 4 rings (SSSR count). The minimum absolute atomic E-state index is 0.253. The highest BCUT2D eigenvalue weighted by atomic mass is 32.1. The number of aliphatic hydroxyl groups excluding tert-OH is 1. The third-order valence-electron chi connectivity index (χ3n) is 5.21. The minimum atomic E-state index is -0.653. The van der Waals surface area contributed by atoms with E-state index in [2.05, 4.69) is 5.32 Å². The Labute approximate surface area is 173 Å². The lowest BCUT2D eigenvalue weighted by atomic mass is 10.1. The molecule has 0 radical (unpaired) electrons. The highest BCUT2D eigenvalue weighted by molar-refractivity contribution is 7.10. The van der Waals surface area contributed by atoms with Gasteiger partial charge in [0.05, 0.1) is 37.7 Å². The molecular formula is C21H25FN2O4S. The highest BCUT2D eigenvalue weighted by Gasteiger charge is 2.30. The van der Waals surface area contributed by atoms with Crippen molar-refractivity contribution in [1.82, 2.24) is 4.90 Å². The van der Waals surface area contributed by atoms with E-state index in [1.807, 2.05) is 17.5 Å². The number of morpholine rings is 1. The van der Waals surface area contributed by atoms with E-state index >= 15 is 0 Å². The number of urea groups is 1. The van der Waals surface area contributed by atoms with Gasteiger partial charge in [-0.15, -0.1) is 11.3 Å². The normalized spacial score (nSPS) is 20.3. The summed E-state index contributed by atoms with van der Waals surface area (Å²) in [5.41, 5.74) is 0.445. The van der Waals surface area contributed by atoms with Crippen molar-refractivity contribution in [1.29, 1.82) is 0 Å². The predicted octanol–water partition coefficient (Wildman–Crippen LogP) is 4.03. The quantitative estimate of drug-likeness (QED) is 0.709. The molecule has 1 aromatic carbocycles. The zero-order valence-electron chi connectivity index (χ0n) is 16.1. The van der Waals surface area contributed by atoms with Gasteiger partial charge in [-0.2, -0.15) is 0 Å². The Balaban J connectivity index is 1.43. The number of amides is 2. The van der Waals surface area contributed by atoms with Gasteiger partial charge in [0.25, 0.3) is 0 Å². The second kappa shape index (κ2) is 9.11. The molecule has 8 heteroatoms. The summed E-state index contributed by atoms with van der Waals surface area (Å²) >= 11 is 1.49. The number of thiophene rings is 1. The molecule has 156 valence electrons. The molecule has 6 nitrogen and oxygen atoms in total. The van der Waals surface area contributed by atoms with E-state index in [0.29, 0.717) is 50.1 Å². The van der Waals surface area contributed by atoms with E-state index in [1.54, 1.807) is 4.90 Å². The number of nitrogens with one attached hydrogen (secondary N) is 1. The number of hydrogen-bond acceptors (Lipinski definition) is 5. The maximum absolute atomic E-state index is 13.7. The monoisotopic (exact) mass is 420 g/mol. The molecule has 0 unspecified atom stereocenters. The van der Waals surface area contributed by atoms with Crippen molar-refractivity contribution >= 4 is 23.1 Å². The molecule has 1 aliphatic heterocycles. The lowest BCUT2D eigenvalue weighted by Crippen LogP contribution is -2.50. The number of hydrogen-bond donors (Lipinski definition) is 2. The van der Waals surface area contributed by atoms with Gasteiger partial charge in [0, 0.05) is 23.9 Å². The van der Waals surface area contributed by atoms with Gasteiger partial charge in [-0.25, -0.2) is 9.18 Å². The molecule has 2 heterocycles. The first kappa shape index (κ1) is 20.1. The van der Waals surface area contributed by atoms with Crippen molar-refractivity contribution in [3.8, 4) is 5.75 Å². The van der Waals surface area contributed by atoms with Crippen LogP contribution in [0.4, 0.5) is 14.9 Å². The number of ether oxygens (including phenoxy) is 2. The van der Waals surface area contributed by atoms with E-state index in [9.17, 15) is 14.3 Å². The molecule has 2 fully saturated rings. The largest absolute Gasteiger partial charge is 0.491 e. The number of aliphatic hydroxyl groups is 1. The van der Waals surface area contributed by atoms with E-state index in [-0.39, 0.29) is 12.1 Å². The third-order valence-corrected chi connectivity index (χ3v) is 6.19. The first-order chi connectivity index (χ1) is 14.1. The number of rotatable bonds is 7. The summed E-state index contributed by atoms with van der Waals surface area (Å²) in [7, 11) is 0. The van der Waals surface area contributed by atoms with E-state index in [0.717, 1.165) is 17.7 Å². The van der Waals surface area contributed by atoms with Crippen molar-refractivity contribution in [2.45, 2.75) is 31.4 Å². The summed E-state index contributed by atoms with van der Waals surface area (Å²) in [6.07, 6.45) is 1.99. The Hall–Kier alpha value is -2.16. The fourth-order valence-electron chi connectivity index (χ4n) is 3.37. The summed E-state index contributed by atoms with van der Waals surface area (Å²) in [5.74, 6) is 0.454. The van der Waals surface area contributed by atoms with Crippen LogP contribution < -0.4 is 10.1 Å². The fourth-order valence-corrected chi connectivity index (χ4v) is 4.09. The molecule has 2 N–H and O–H groups in total. The van der Waals surface area contributed by atoms with Crippen LogP contribution in [0.5, 0.6) is 5.75 Å². The maximum atomic E-state index is 13.7. The van der Waals surface area contributed by atoms with Gasteiger partial charge >= 0.3 is 6.03 Å². The van der Waals surface area contributed by atoms with E-state index in [1.165, 1.54) is 29.5 Å². The Morgan fingerprint density at radius 3 is 3.03 bits per heavy atom. The van der Waals surface area contributed by atoms with Gasteiger partial charge in [-0.1, -0.05) is 6.07 Å². The van der Waals surface area contributed by atoms with Gasteiger partial charge < -0.3 is 24.8 Å². The van der Waals surface area contributed by atoms with E-state index in [4.69, 9.17) is 9.47 Å². The van der Waals surface area contributed by atoms with Gasteiger partial charge in [0.1, 0.15) is 11.6 Å². The zero-order chi connectivity index (χ0) is 20.2. The van der Waals surface area contributed by atoms with Crippen LogP contribution in [0.1, 0.15) is 30.2 Å². The molecule has 2 aliphatic rings. The van der Waals surface area contributed by atoms with E-state index < -0.39 is 11.9 Å². The zero-order valence-corrected chi connectivity index (χ0v) is 16.9. The smallest absolute Gasteiger partial charge is 0.322 e. The topological polar surface area (TPSA) is 71.0 Å². The van der Waals surface area contributed by atoms with Gasteiger partial charge in [-0.3, -0.25) is 0 Å². The maximum Gasteiger partial charge on any atom is 0.322 e. The molecule has 2 amide bonds. The number of anilines is 1. The third kappa shape index (κ3) is 5.26. The number of benzene rings is 1. The van der Waals surface area contributed by atoms with Crippen LogP contribution in [0.3, 0.4) is 0 Å². The van der Waals surface area contributed by atoms with Crippen LogP contribution in [0.2, 0.25) is 0 Å². The van der Waals surface area contributed by atoms with Crippen LogP contribution in [0.15, 0.2) is 35.7 Å². The standard InChI is InChI=1S/C21H25FN2O4S/c22-15-5-6-17(19(10-15)28-12-14-3-4-14)23-21(26)24-7-8-27-13-16(24)11-18(25)20-2-1-9-29-20/h1-2,5-6,9-10,14,16,18,25H,3-4,7-8,11-13H2,(H,23,26)/t16-,18+/m1/s1. The average Bonchev–Trinajstić information content (AvgIpc) is 3.38.